The van der Waals surface area contributed by atoms with E-state index in [0.29, 0.717) is 23.9 Å². The van der Waals surface area contributed by atoms with Crippen LogP contribution in [0.4, 0.5) is 0 Å². The maximum atomic E-state index is 12.1. The summed E-state index contributed by atoms with van der Waals surface area (Å²) in [6, 6.07) is 7.50. The summed E-state index contributed by atoms with van der Waals surface area (Å²) < 4.78 is 5.35. The average molecular weight is 299 g/mol. The highest BCUT2D eigenvalue weighted by atomic mass is 16.5. The SMILES string of the molecule is Cc1cccc(C(=O)NCc2noc(C3CCCCC3)n2)c1. The Morgan fingerprint density at radius 3 is 2.91 bits per heavy atom. The standard InChI is InChI=1S/C17H21N3O2/c1-12-6-5-9-14(10-12)16(21)18-11-15-19-17(22-20-15)13-7-3-2-4-8-13/h5-6,9-10,13H,2-4,7-8,11H2,1H3,(H,18,21). The van der Waals surface area contributed by atoms with Gasteiger partial charge in [-0.3, -0.25) is 4.79 Å². The van der Waals surface area contributed by atoms with Crippen LogP contribution in [0.3, 0.4) is 0 Å². The fourth-order valence-corrected chi connectivity index (χ4v) is 2.90. The molecule has 5 nitrogen and oxygen atoms in total. The van der Waals surface area contributed by atoms with Crippen molar-refractivity contribution >= 4 is 5.91 Å². The summed E-state index contributed by atoms with van der Waals surface area (Å²) in [5, 5.41) is 6.81. The highest BCUT2D eigenvalue weighted by Gasteiger charge is 2.21. The van der Waals surface area contributed by atoms with E-state index in [9.17, 15) is 4.79 Å². The summed E-state index contributed by atoms with van der Waals surface area (Å²) in [5.41, 5.74) is 1.71. The van der Waals surface area contributed by atoms with Crippen LogP contribution in [0.15, 0.2) is 28.8 Å². The Labute approximate surface area is 130 Å². The van der Waals surface area contributed by atoms with Crippen molar-refractivity contribution in [1.82, 2.24) is 15.5 Å². The van der Waals surface area contributed by atoms with Crippen LogP contribution in [0, 0.1) is 6.92 Å². The van der Waals surface area contributed by atoms with Crippen LogP contribution in [0.25, 0.3) is 0 Å². The molecule has 5 heteroatoms. The van der Waals surface area contributed by atoms with Gasteiger partial charge in [-0.05, 0) is 31.9 Å². The molecule has 2 aromatic rings. The molecule has 0 spiro atoms. The number of carbonyl (C=O) groups is 1. The average Bonchev–Trinajstić information content (AvgIpc) is 3.02. The van der Waals surface area contributed by atoms with E-state index in [4.69, 9.17) is 4.52 Å². The molecule has 1 saturated carbocycles. The first-order chi connectivity index (χ1) is 10.7. The third kappa shape index (κ3) is 3.53. The number of benzene rings is 1. The molecule has 1 heterocycles. The third-order valence-corrected chi connectivity index (χ3v) is 4.13. The highest BCUT2D eigenvalue weighted by molar-refractivity contribution is 5.94. The first kappa shape index (κ1) is 14.8. The Kier molecular flexibility index (Phi) is 4.51. The van der Waals surface area contributed by atoms with Gasteiger partial charge in [-0.2, -0.15) is 4.98 Å². The van der Waals surface area contributed by atoms with Gasteiger partial charge in [-0.25, -0.2) is 0 Å². The van der Waals surface area contributed by atoms with Crippen LogP contribution in [0.1, 0.15) is 65.7 Å². The Hall–Kier alpha value is -2.17. The molecule has 1 aromatic heterocycles. The van der Waals surface area contributed by atoms with Gasteiger partial charge in [0.25, 0.3) is 5.91 Å². The number of aromatic nitrogens is 2. The van der Waals surface area contributed by atoms with Gasteiger partial charge in [0.1, 0.15) is 0 Å². The maximum absolute atomic E-state index is 12.1. The lowest BCUT2D eigenvalue weighted by Crippen LogP contribution is -2.23. The first-order valence-corrected chi connectivity index (χ1v) is 7.90. The molecular formula is C17H21N3O2. The molecule has 0 saturated heterocycles. The summed E-state index contributed by atoms with van der Waals surface area (Å²) in [6.45, 7) is 2.26. The van der Waals surface area contributed by atoms with Crippen LogP contribution in [-0.4, -0.2) is 16.0 Å². The zero-order valence-corrected chi connectivity index (χ0v) is 12.8. The van der Waals surface area contributed by atoms with Gasteiger partial charge in [0, 0.05) is 11.5 Å². The Balaban J connectivity index is 1.57. The molecule has 22 heavy (non-hydrogen) atoms. The molecule has 0 radical (unpaired) electrons. The lowest BCUT2D eigenvalue weighted by molar-refractivity contribution is 0.0949. The minimum absolute atomic E-state index is 0.118. The fourth-order valence-electron chi connectivity index (χ4n) is 2.90. The molecule has 1 fully saturated rings. The monoisotopic (exact) mass is 299 g/mol. The molecule has 1 aliphatic carbocycles. The van der Waals surface area contributed by atoms with Crippen LogP contribution < -0.4 is 5.32 Å². The Morgan fingerprint density at radius 2 is 2.14 bits per heavy atom. The topological polar surface area (TPSA) is 68.0 Å². The molecule has 1 amide bonds. The number of carbonyl (C=O) groups excluding carboxylic acids is 1. The van der Waals surface area contributed by atoms with E-state index in [0.717, 1.165) is 24.3 Å². The van der Waals surface area contributed by atoms with Gasteiger partial charge in [0.2, 0.25) is 5.89 Å². The van der Waals surface area contributed by atoms with Crippen LogP contribution in [0.2, 0.25) is 0 Å². The van der Waals surface area contributed by atoms with Crippen molar-refractivity contribution in [2.75, 3.05) is 0 Å². The number of hydrogen-bond donors (Lipinski definition) is 1. The largest absolute Gasteiger partial charge is 0.345 e. The lowest BCUT2D eigenvalue weighted by Gasteiger charge is -2.17. The van der Waals surface area contributed by atoms with Gasteiger partial charge in [-0.1, -0.05) is 42.1 Å². The number of aryl methyl sites for hydroxylation is 1. The molecule has 0 aliphatic heterocycles. The van der Waals surface area contributed by atoms with Crippen LogP contribution in [-0.2, 0) is 6.54 Å². The normalized spacial score (nSPS) is 15.7. The van der Waals surface area contributed by atoms with Gasteiger partial charge in [-0.15, -0.1) is 0 Å². The molecule has 1 N–H and O–H groups in total. The zero-order valence-electron chi connectivity index (χ0n) is 12.8. The number of amides is 1. The summed E-state index contributed by atoms with van der Waals surface area (Å²) in [4.78, 5) is 16.5. The van der Waals surface area contributed by atoms with Crippen molar-refractivity contribution in [3.63, 3.8) is 0 Å². The van der Waals surface area contributed by atoms with Gasteiger partial charge in [0.05, 0.1) is 6.54 Å². The van der Waals surface area contributed by atoms with Crippen molar-refractivity contribution in [3.05, 3.63) is 47.1 Å². The van der Waals surface area contributed by atoms with Gasteiger partial charge < -0.3 is 9.84 Å². The van der Waals surface area contributed by atoms with E-state index >= 15 is 0 Å². The molecule has 116 valence electrons. The summed E-state index contributed by atoms with van der Waals surface area (Å²) in [7, 11) is 0. The minimum Gasteiger partial charge on any atom is -0.345 e. The molecule has 0 bridgehead atoms. The molecule has 3 rings (SSSR count). The molecule has 1 aromatic carbocycles. The number of nitrogens with zero attached hydrogens (tertiary/aromatic N) is 2. The van der Waals surface area contributed by atoms with Gasteiger partial charge in [0.15, 0.2) is 5.82 Å². The number of nitrogens with one attached hydrogen (secondary N) is 1. The quantitative estimate of drug-likeness (QED) is 0.940. The predicted molar refractivity (Wildman–Crippen MR) is 82.5 cm³/mol. The zero-order chi connectivity index (χ0) is 15.4. The van der Waals surface area contributed by atoms with Crippen LogP contribution in [0.5, 0.6) is 0 Å². The molecule has 0 unspecified atom stereocenters. The van der Waals surface area contributed by atoms with Crippen molar-refractivity contribution in [2.45, 2.75) is 51.5 Å². The van der Waals surface area contributed by atoms with Gasteiger partial charge >= 0.3 is 0 Å². The molecule has 1 aliphatic rings. The van der Waals surface area contributed by atoms with Crippen molar-refractivity contribution in [2.24, 2.45) is 0 Å². The smallest absolute Gasteiger partial charge is 0.251 e. The predicted octanol–water partition coefficient (Wildman–Crippen LogP) is 3.36. The van der Waals surface area contributed by atoms with E-state index in [1.54, 1.807) is 6.07 Å². The summed E-state index contributed by atoms with van der Waals surface area (Å²) >= 11 is 0. The Bertz CT molecular complexity index is 645. The van der Waals surface area contributed by atoms with E-state index in [1.165, 1.54) is 19.3 Å². The van der Waals surface area contributed by atoms with Crippen molar-refractivity contribution in [3.8, 4) is 0 Å². The third-order valence-electron chi connectivity index (χ3n) is 4.13. The summed E-state index contributed by atoms with van der Waals surface area (Å²) in [6.07, 6.45) is 6.00. The number of rotatable bonds is 4. The Morgan fingerprint density at radius 1 is 1.32 bits per heavy atom. The van der Waals surface area contributed by atoms with Crippen LogP contribution >= 0.6 is 0 Å². The van der Waals surface area contributed by atoms with E-state index in [2.05, 4.69) is 15.5 Å². The second kappa shape index (κ2) is 6.73. The highest BCUT2D eigenvalue weighted by Crippen LogP contribution is 2.31. The first-order valence-electron chi connectivity index (χ1n) is 7.90. The number of hydrogen-bond acceptors (Lipinski definition) is 4. The maximum Gasteiger partial charge on any atom is 0.251 e. The van der Waals surface area contributed by atoms with E-state index < -0.39 is 0 Å². The lowest BCUT2D eigenvalue weighted by atomic mass is 9.89. The molecule has 0 atom stereocenters. The second-order valence-electron chi connectivity index (χ2n) is 5.94. The van der Waals surface area contributed by atoms with Crippen molar-refractivity contribution in [1.29, 1.82) is 0 Å². The van der Waals surface area contributed by atoms with Crippen molar-refractivity contribution < 1.29 is 9.32 Å². The fraction of sp³-hybridized carbons (Fsp3) is 0.471. The van der Waals surface area contributed by atoms with E-state index in [-0.39, 0.29) is 5.91 Å². The van der Waals surface area contributed by atoms with E-state index in [1.807, 2.05) is 25.1 Å². The molecular weight excluding hydrogens is 278 g/mol. The summed E-state index contributed by atoms with van der Waals surface area (Å²) in [5.74, 6) is 1.54. The minimum atomic E-state index is -0.118. The second-order valence-corrected chi connectivity index (χ2v) is 5.94.